The van der Waals surface area contributed by atoms with Gasteiger partial charge >= 0.3 is 0 Å². The molecular weight excluding hydrogens is 182 g/mol. The summed E-state index contributed by atoms with van der Waals surface area (Å²) in [5.41, 5.74) is 5.72. The van der Waals surface area contributed by atoms with Gasteiger partial charge in [-0.2, -0.15) is 11.8 Å². The van der Waals surface area contributed by atoms with Gasteiger partial charge in [-0.05, 0) is 13.2 Å². The maximum atomic E-state index is 5.72. The molecule has 0 aliphatic heterocycles. The molecule has 1 aromatic heterocycles. The summed E-state index contributed by atoms with van der Waals surface area (Å²) in [4.78, 5) is 4.28. The fraction of sp³-hybridized carbons (Fsp3) is 0.667. The van der Waals surface area contributed by atoms with E-state index in [4.69, 9.17) is 5.73 Å². The van der Waals surface area contributed by atoms with Gasteiger partial charge in [0.15, 0.2) is 0 Å². The Morgan fingerprint density at radius 1 is 1.69 bits per heavy atom. The molecule has 3 nitrogen and oxygen atoms in total. The van der Waals surface area contributed by atoms with E-state index < -0.39 is 0 Å². The standard InChI is InChI=1S/C9H17N3S/c1-8(10)7-9-11-3-4-12(9)5-6-13-2/h3-4,8H,5-7,10H2,1-2H3. The summed E-state index contributed by atoms with van der Waals surface area (Å²) >= 11 is 1.85. The number of imidazole rings is 1. The van der Waals surface area contributed by atoms with Gasteiger partial charge in [-0.15, -0.1) is 0 Å². The van der Waals surface area contributed by atoms with Crippen molar-refractivity contribution in [3.05, 3.63) is 18.2 Å². The Balaban J connectivity index is 2.55. The maximum Gasteiger partial charge on any atom is 0.110 e. The van der Waals surface area contributed by atoms with E-state index in [0.717, 1.165) is 24.5 Å². The monoisotopic (exact) mass is 199 g/mol. The zero-order chi connectivity index (χ0) is 9.68. The van der Waals surface area contributed by atoms with Crippen molar-refractivity contribution in [1.29, 1.82) is 0 Å². The SMILES string of the molecule is CSCCn1ccnc1CC(C)N. The second-order valence-corrected chi connectivity index (χ2v) is 4.20. The van der Waals surface area contributed by atoms with E-state index in [0.29, 0.717) is 0 Å². The summed E-state index contributed by atoms with van der Waals surface area (Å²) in [6.07, 6.45) is 6.84. The average molecular weight is 199 g/mol. The highest BCUT2D eigenvalue weighted by atomic mass is 32.2. The van der Waals surface area contributed by atoms with Gasteiger partial charge in [0.2, 0.25) is 0 Å². The van der Waals surface area contributed by atoms with Crippen molar-refractivity contribution >= 4 is 11.8 Å². The van der Waals surface area contributed by atoms with Gasteiger partial charge in [-0.25, -0.2) is 4.98 Å². The molecule has 1 aromatic rings. The van der Waals surface area contributed by atoms with Gasteiger partial charge in [0.05, 0.1) is 0 Å². The molecule has 1 heterocycles. The number of hydrogen-bond acceptors (Lipinski definition) is 3. The molecule has 74 valence electrons. The lowest BCUT2D eigenvalue weighted by Crippen LogP contribution is -2.20. The summed E-state index contributed by atoms with van der Waals surface area (Å²) in [6.45, 7) is 3.04. The molecule has 0 amide bonds. The van der Waals surface area contributed by atoms with Crippen molar-refractivity contribution in [2.45, 2.75) is 25.9 Å². The molecule has 0 saturated carbocycles. The smallest absolute Gasteiger partial charge is 0.110 e. The van der Waals surface area contributed by atoms with Crippen LogP contribution in [0.3, 0.4) is 0 Å². The molecular formula is C9H17N3S. The van der Waals surface area contributed by atoms with Gasteiger partial charge in [0.25, 0.3) is 0 Å². The predicted molar refractivity (Wildman–Crippen MR) is 58.0 cm³/mol. The van der Waals surface area contributed by atoms with Crippen LogP contribution in [0.4, 0.5) is 0 Å². The Bertz CT molecular complexity index is 245. The zero-order valence-corrected chi connectivity index (χ0v) is 9.05. The molecule has 0 radical (unpaired) electrons. The third-order valence-electron chi connectivity index (χ3n) is 1.84. The van der Waals surface area contributed by atoms with E-state index in [2.05, 4.69) is 15.8 Å². The number of aromatic nitrogens is 2. The molecule has 0 aromatic carbocycles. The van der Waals surface area contributed by atoms with Crippen LogP contribution in [-0.4, -0.2) is 27.6 Å². The molecule has 0 bridgehead atoms. The molecule has 0 aliphatic rings. The minimum Gasteiger partial charge on any atom is -0.334 e. The first-order valence-corrected chi connectivity index (χ1v) is 5.88. The molecule has 13 heavy (non-hydrogen) atoms. The number of nitrogens with two attached hydrogens (primary N) is 1. The van der Waals surface area contributed by atoms with E-state index >= 15 is 0 Å². The van der Waals surface area contributed by atoms with E-state index in [1.54, 1.807) is 0 Å². The lowest BCUT2D eigenvalue weighted by Gasteiger charge is -2.08. The minimum atomic E-state index is 0.190. The predicted octanol–water partition coefficient (Wildman–Crippen LogP) is 1.14. The molecule has 0 aliphatic carbocycles. The van der Waals surface area contributed by atoms with Crippen molar-refractivity contribution < 1.29 is 0 Å². The lowest BCUT2D eigenvalue weighted by molar-refractivity contribution is 0.640. The number of hydrogen-bond donors (Lipinski definition) is 1. The van der Waals surface area contributed by atoms with Crippen molar-refractivity contribution in [2.24, 2.45) is 5.73 Å². The highest BCUT2D eigenvalue weighted by Gasteiger charge is 2.04. The summed E-state index contributed by atoms with van der Waals surface area (Å²) in [5, 5.41) is 0. The van der Waals surface area contributed by atoms with E-state index in [1.165, 1.54) is 0 Å². The normalized spacial score (nSPS) is 13.2. The molecule has 1 atom stereocenters. The number of thioether (sulfide) groups is 1. The highest BCUT2D eigenvalue weighted by Crippen LogP contribution is 2.03. The molecule has 4 heteroatoms. The van der Waals surface area contributed by atoms with Gasteiger partial charge in [0.1, 0.15) is 5.82 Å². The average Bonchev–Trinajstić information content (AvgIpc) is 2.48. The highest BCUT2D eigenvalue weighted by molar-refractivity contribution is 7.98. The Labute approximate surface area is 83.7 Å². The molecule has 1 rings (SSSR count). The topological polar surface area (TPSA) is 43.8 Å². The fourth-order valence-electron chi connectivity index (χ4n) is 1.21. The molecule has 1 unspecified atom stereocenters. The summed E-state index contributed by atoms with van der Waals surface area (Å²) < 4.78 is 2.18. The van der Waals surface area contributed by atoms with Crippen LogP contribution in [0.2, 0.25) is 0 Å². The van der Waals surface area contributed by atoms with Crippen LogP contribution < -0.4 is 5.73 Å². The van der Waals surface area contributed by atoms with Crippen LogP contribution in [0.15, 0.2) is 12.4 Å². The molecule has 0 saturated heterocycles. The quantitative estimate of drug-likeness (QED) is 0.773. The first kappa shape index (κ1) is 10.6. The summed E-state index contributed by atoms with van der Waals surface area (Å²) in [6, 6.07) is 0.190. The first-order chi connectivity index (χ1) is 6.24. The van der Waals surface area contributed by atoms with Gasteiger partial charge in [-0.1, -0.05) is 0 Å². The molecule has 0 spiro atoms. The number of rotatable bonds is 5. The zero-order valence-electron chi connectivity index (χ0n) is 8.23. The Hall–Kier alpha value is -0.480. The molecule has 0 fully saturated rings. The van der Waals surface area contributed by atoms with Crippen LogP contribution in [0.25, 0.3) is 0 Å². The van der Waals surface area contributed by atoms with Crippen molar-refractivity contribution in [1.82, 2.24) is 9.55 Å². The Morgan fingerprint density at radius 3 is 3.08 bits per heavy atom. The largest absolute Gasteiger partial charge is 0.334 e. The van der Waals surface area contributed by atoms with E-state index in [1.807, 2.05) is 31.1 Å². The second-order valence-electron chi connectivity index (χ2n) is 3.21. The lowest BCUT2D eigenvalue weighted by atomic mass is 10.2. The van der Waals surface area contributed by atoms with Gasteiger partial charge in [0, 0.05) is 37.2 Å². The van der Waals surface area contributed by atoms with Crippen molar-refractivity contribution in [3.8, 4) is 0 Å². The summed E-state index contributed by atoms with van der Waals surface area (Å²) in [7, 11) is 0. The number of nitrogens with zero attached hydrogens (tertiary/aromatic N) is 2. The Kier molecular flexibility index (Phi) is 4.32. The third kappa shape index (κ3) is 3.40. The van der Waals surface area contributed by atoms with Crippen LogP contribution in [-0.2, 0) is 13.0 Å². The summed E-state index contributed by atoms with van der Waals surface area (Å²) in [5.74, 6) is 2.23. The second kappa shape index (κ2) is 5.29. The van der Waals surface area contributed by atoms with Crippen LogP contribution in [0, 0.1) is 0 Å². The fourth-order valence-corrected chi connectivity index (χ4v) is 1.59. The van der Waals surface area contributed by atoms with Gasteiger partial charge < -0.3 is 10.3 Å². The maximum absolute atomic E-state index is 5.72. The molecule has 2 N–H and O–H groups in total. The van der Waals surface area contributed by atoms with E-state index in [9.17, 15) is 0 Å². The van der Waals surface area contributed by atoms with Crippen molar-refractivity contribution in [3.63, 3.8) is 0 Å². The van der Waals surface area contributed by atoms with E-state index in [-0.39, 0.29) is 6.04 Å². The van der Waals surface area contributed by atoms with Gasteiger partial charge in [-0.3, -0.25) is 0 Å². The van der Waals surface area contributed by atoms with Crippen molar-refractivity contribution in [2.75, 3.05) is 12.0 Å². The first-order valence-electron chi connectivity index (χ1n) is 4.48. The minimum absolute atomic E-state index is 0.190. The van der Waals surface area contributed by atoms with Crippen LogP contribution in [0.1, 0.15) is 12.7 Å². The van der Waals surface area contributed by atoms with Crippen LogP contribution in [0.5, 0.6) is 0 Å². The number of aryl methyl sites for hydroxylation is 1. The third-order valence-corrected chi connectivity index (χ3v) is 2.43. The van der Waals surface area contributed by atoms with Crippen LogP contribution >= 0.6 is 11.8 Å². The Morgan fingerprint density at radius 2 is 2.46 bits per heavy atom.